The molecule has 0 saturated heterocycles. The second-order valence-electron chi connectivity index (χ2n) is 6.76. The Balaban J connectivity index is 2.50. The van der Waals surface area contributed by atoms with Crippen LogP contribution in [-0.2, 0) is 6.54 Å². The fourth-order valence-electron chi connectivity index (χ4n) is 2.46. The van der Waals surface area contributed by atoms with Crippen molar-refractivity contribution in [2.75, 3.05) is 34.2 Å². The van der Waals surface area contributed by atoms with Crippen LogP contribution < -0.4 is 10.6 Å². The lowest BCUT2D eigenvalue weighted by atomic mass is 9.93. The van der Waals surface area contributed by atoms with Crippen LogP contribution in [0.2, 0.25) is 0 Å². The summed E-state index contributed by atoms with van der Waals surface area (Å²) in [4.78, 5) is 6.41. The van der Waals surface area contributed by atoms with Gasteiger partial charge in [0.15, 0.2) is 5.96 Å². The van der Waals surface area contributed by atoms with Crippen molar-refractivity contribution in [1.29, 1.82) is 0 Å². The molecule has 0 atom stereocenters. The monoisotopic (exact) mass is 308 g/mol. The third-order valence-corrected chi connectivity index (χ3v) is 3.38. The first kappa shape index (κ1) is 18.4. The molecular weight excluding hydrogens is 279 g/mol. The zero-order valence-electron chi connectivity index (χ0n) is 14.6. The van der Waals surface area contributed by atoms with E-state index >= 15 is 0 Å². The van der Waals surface area contributed by atoms with Gasteiger partial charge in [0, 0.05) is 26.7 Å². The summed E-state index contributed by atoms with van der Waals surface area (Å²) in [5.74, 6) is 0.588. The number of nitrogens with zero attached hydrogens (tertiary/aromatic N) is 2. The van der Waals surface area contributed by atoms with E-state index < -0.39 is 0 Å². The molecule has 0 aliphatic rings. The first-order valence-corrected chi connectivity index (χ1v) is 7.58. The lowest BCUT2D eigenvalue weighted by Gasteiger charge is -2.29. The van der Waals surface area contributed by atoms with Gasteiger partial charge >= 0.3 is 0 Å². The van der Waals surface area contributed by atoms with Crippen molar-refractivity contribution in [3.05, 3.63) is 35.1 Å². The molecule has 0 heterocycles. The highest BCUT2D eigenvalue weighted by molar-refractivity contribution is 5.79. The number of nitrogens with one attached hydrogen (secondary N) is 2. The highest BCUT2D eigenvalue weighted by Gasteiger charge is 2.19. The number of guanidine groups is 1. The Labute approximate surface area is 133 Å². The van der Waals surface area contributed by atoms with Crippen molar-refractivity contribution in [1.82, 2.24) is 15.5 Å². The number of aliphatic imine (C=N–C) groups is 1. The molecule has 0 radical (unpaired) electrons. The van der Waals surface area contributed by atoms with Crippen LogP contribution in [0.15, 0.2) is 23.2 Å². The fourth-order valence-corrected chi connectivity index (χ4v) is 2.46. The van der Waals surface area contributed by atoms with Gasteiger partial charge in [-0.05, 0) is 43.6 Å². The minimum Gasteiger partial charge on any atom is -0.356 e. The minimum absolute atomic E-state index is 0.146. The van der Waals surface area contributed by atoms with Crippen LogP contribution in [0.4, 0.5) is 4.39 Å². The Bertz CT molecular complexity index is 509. The smallest absolute Gasteiger partial charge is 0.191 e. The van der Waals surface area contributed by atoms with E-state index in [1.807, 2.05) is 6.07 Å². The van der Waals surface area contributed by atoms with Crippen LogP contribution in [0.3, 0.4) is 0 Å². The number of halogens is 1. The Morgan fingerprint density at radius 1 is 1.27 bits per heavy atom. The lowest BCUT2D eigenvalue weighted by molar-refractivity contribution is 0.241. The van der Waals surface area contributed by atoms with Gasteiger partial charge in [-0.15, -0.1) is 0 Å². The van der Waals surface area contributed by atoms with E-state index in [0.29, 0.717) is 12.1 Å². The molecule has 1 aromatic carbocycles. The first-order chi connectivity index (χ1) is 10.2. The van der Waals surface area contributed by atoms with E-state index in [2.05, 4.69) is 48.5 Å². The van der Waals surface area contributed by atoms with Crippen molar-refractivity contribution >= 4 is 5.96 Å². The number of aryl methyl sites for hydroxylation is 1. The summed E-state index contributed by atoms with van der Waals surface area (Å²) in [6.45, 7) is 8.65. The average Bonchev–Trinajstić information content (AvgIpc) is 2.41. The summed E-state index contributed by atoms with van der Waals surface area (Å²) in [5, 5.41) is 6.61. The van der Waals surface area contributed by atoms with Crippen LogP contribution in [0.5, 0.6) is 0 Å². The highest BCUT2D eigenvalue weighted by atomic mass is 19.1. The molecule has 0 bridgehead atoms. The molecule has 22 heavy (non-hydrogen) atoms. The quantitative estimate of drug-likeness (QED) is 0.626. The summed E-state index contributed by atoms with van der Waals surface area (Å²) in [6, 6.07) is 5.15. The van der Waals surface area contributed by atoms with Crippen LogP contribution in [-0.4, -0.2) is 45.1 Å². The summed E-state index contributed by atoms with van der Waals surface area (Å²) in [6.07, 6.45) is 0. The maximum absolute atomic E-state index is 13.3. The van der Waals surface area contributed by atoms with Gasteiger partial charge in [0.05, 0.1) is 0 Å². The molecule has 1 rings (SSSR count). The van der Waals surface area contributed by atoms with Crippen LogP contribution in [0.1, 0.15) is 25.0 Å². The first-order valence-electron chi connectivity index (χ1n) is 7.58. The largest absolute Gasteiger partial charge is 0.356 e. The van der Waals surface area contributed by atoms with Gasteiger partial charge in [-0.1, -0.05) is 26.0 Å². The summed E-state index contributed by atoms with van der Waals surface area (Å²) < 4.78 is 13.3. The van der Waals surface area contributed by atoms with Gasteiger partial charge in [0.2, 0.25) is 0 Å². The summed E-state index contributed by atoms with van der Waals surface area (Å²) in [7, 11) is 5.90. The SMILES string of the molecule is CN=C(NCc1ccc(F)c(C)c1)NCC(C)(C)CN(C)C. The maximum atomic E-state index is 13.3. The lowest BCUT2D eigenvalue weighted by Crippen LogP contribution is -2.44. The average molecular weight is 308 g/mol. The number of benzene rings is 1. The molecule has 0 spiro atoms. The zero-order chi connectivity index (χ0) is 16.8. The third kappa shape index (κ3) is 6.43. The Morgan fingerprint density at radius 3 is 2.50 bits per heavy atom. The number of rotatable bonds is 6. The van der Waals surface area contributed by atoms with Crippen molar-refractivity contribution in [2.45, 2.75) is 27.3 Å². The molecule has 0 amide bonds. The van der Waals surface area contributed by atoms with Gasteiger partial charge in [0.25, 0.3) is 0 Å². The molecule has 0 unspecified atom stereocenters. The molecule has 2 N–H and O–H groups in total. The van der Waals surface area contributed by atoms with E-state index in [0.717, 1.165) is 24.6 Å². The van der Waals surface area contributed by atoms with E-state index in [-0.39, 0.29) is 11.2 Å². The van der Waals surface area contributed by atoms with Gasteiger partial charge < -0.3 is 15.5 Å². The van der Waals surface area contributed by atoms with Crippen molar-refractivity contribution in [3.63, 3.8) is 0 Å². The molecule has 0 fully saturated rings. The van der Waals surface area contributed by atoms with Crippen molar-refractivity contribution in [2.24, 2.45) is 10.4 Å². The van der Waals surface area contributed by atoms with E-state index in [1.54, 1.807) is 20.0 Å². The van der Waals surface area contributed by atoms with Crippen LogP contribution in [0.25, 0.3) is 0 Å². The van der Waals surface area contributed by atoms with Gasteiger partial charge in [-0.25, -0.2) is 4.39 Å². The molecular formula is C17H29FN4. The highest BCUT2D eigenvalue weighted by Crippen LogP contribution is 2.14. The predicted molar refractivity (Wildman–Crippen MR) is 91.7 cm³/mol. The van der Waals surface area contributed by atoms with E-state index in [9.17, 15) is 4.39 Å². The molecule has 4 nitrogen and oxygen atoms in total. The Hall–Kier alpha value is -1.62. The standard InChI is InChI=1S/C17H29FN4/c1-13-9-14(7-8-15(13)18)10-20-16(19-4)21-11-17(2,3)12-22(5)6/h7-9H,10-12H2,1-6H3,(H2,19,20,21). The van der Waals surface area contributed by atoms with Crippen molar-refractivity contribution < 1.29 is 4.39 Å². The molecule has 5 heteroatoms. The summed E-state index contributed by atoms with van der Waals surface area (Å²) in [5.41, 5.74) is 1.84. The van der Waals surface area contributed by atoms with E-state index in [1.165, 1.54) is 6.07 Å². The molecule has 0 aliphatic carbocycles. The molecule has 0 aromatic heterocycles. The second kappa shape index (κ2) is 8.13. The number of hydrogen-bond acceptors (Lipinski definition) is 2. The summed E-state index contributed by atoms with van der Waals surface area (Å²) >= 11 is 0. The van der Waals surface area contributed by atoms with Gasteiger partial charge in [0.1, 0.15) is 5.82 Å². The molecule has 1 aromatic rings. The Kier molecular flexibility index (Phi) is 6.81. The van der Waals surface area contributed by atoms with E-state index in [4.69, 9.17) is 0 Å². The molecule has 0 aliphatic heterocycles. The fraction of sp³-hybridized carbons (Fsp3) is 0.588. The second-order valence-corrected chi connectivity index (χ2v) is 6.76. The van der Waals surface area contributed by atoms with Gasteiger partial charge in [-0.2, -0.15) is 0 Å². The normalized spacial score (nSPS) is 12.6. The molecule has 0 saturated carbocycles. The maximum Gasteiger partial charge on any atom is 0.191 e. The van der Waals surface area contributed by atoms with Gasteiger partial charge in [-0.3, -0.25) is 4.99 Å². The zero-order valence-corrected chi connectivity index (χ0v) is 14.6. The van der Waals surface area contributed by atoms with Crippen LogP contribution in [0, 0.1) is 18.2 Å². The predicted octanol–water partition coefficient (Wildman–Crippen LogP) is 2.39. The third-order valence-electron chi connectivity index (χ3n) is 3.38. The minimum atomic E-state index is -0.170. The van der Waals surface area contributed by atoms with Crippen LogP contribution >= 0.6 is 0 Å². The number of hydrogen-bond donors (Lipinski definition) is 2. The Morgan fingerprint density at radius 2 is 1.95 bits per heavy atom. The topological polar surface area (TPSA) is 39.7 Å². The molecule has 124 valence electrons. The van der Waals surface area contributed by atoms with Crippen molar-refractivity contribution in [3.8, 4) is 0 Å².